The molecule has 0 spiro atoms. The molecule has 2 N–H and O–H groups in total. The number of anilines is 2. The molecule has 0 bridgehead atoms. The van der Waals surface area contributed by atoms with E-state index in [0.29, 0.717) is 16.4 Å². The summed E-state index contributed by atoms with van der Waals surface area (Å²) < 4.78 is 1.11. The van der Waals surface area contributed by atoms with Gasteiger partial charge in [-0.2, -0.15) is 5.10 Å². The topological polar surface area (TPSA) is 93.1 Å². The number of carbonyl (C=O) groups excluding carboxylic acids is 2. The first-order valence-electron chi connectivity index (χ1n) is 9.34. The second-order valence-electron chi connectivity index (χ2n) is 6.84. The van der Waals surface area contributed by atoms with Crippen LogP contribution in [0, 0.1) is 13.8 Å². The number of hydrogen-bond donors (Lipinski definition) is 2. The molecule has 0 atom stereocenters. The maximum absolute atomic E-state index is 12.5. The molecule has 0 aliphatic carbocycles. The molecular weight excluding hydrogens is 404 g/mol. The van der Waals surface area contributed by atoms with Gasteiger partial charge in [-0.25, -0.2) is 4.68 Å². The number of halogens is 1. The Balaban J connectivity index is 1.64. The van der Waals surface area contributed by atoms with Crippen LogP contribution < -0.4 is 16.2 Å². The van der Waals surface area contributed by atoms with Gasteiger partial charge in [0.1, 0.15) is 5.69 Å². The first-order valence-corrected chi connectivity index (χ1v) is 9.72. The Morgan fingerprint density at radius 1 is 0.933 bits per heavy atom. The third-order valence-electron chi connectivity index (χ3n) is 4.54. The molecule has 7 nitrogen and oxygen atoms in total. The number of benzene rings is 2. The fraction of sp³-hybridized carbons (Fsp3) is 0.182. The number of aromatic nitrogens is 2. The molecule has 0 saturated carbocycles. The second kappa shape index (κ2) is 9.37. The van der Waals surface area contributed by atoms with E-state index in [-0.39, 0.29) is 24.6 Å². The van der Waals surface area contributed by atoms with Crippen molar-refractivity contribution in [2.75, 3.05) is 10.6 Å². The summed E-state index contributed by atoms with van der Waals surface area (Å²) in [6.07, 6.45) is 0.0256. The zero-order valence-corrected chi connectivity index (χ0v) is 17.4. The standard InChI is InChI=1S/C22H21ClN4O3/c1-14-3-6-18(13-15(14)2)25-22(30)19-9-10-21(29)27(26-19)12-11-20(28)24-17-7-4-16(23)5-8-17/h3-10,13H,11-12H2,1-2H3,(H,24,28)(H,25,30). The van der Waals surface area contributed by atoms with E-state index in [9.17, 15) is 14.4 Å². The summed E-state index contributed by atoms with van der Waals surface area (Å²) in [6, 6.07) is 14.9. The number of nitrogens with zero attached hydrogens (tertiary/aromatic N) is 2. The molecule has 2 amide bonds. The molecule has 30 heavy (non-hydrogen) atoms. The van der Waals surface area contributed by atoms with E-state index in [4.69, 9.17) is 11.6 Å². The highest BCUT2D eigenvalue weighted by Gasteiger charge is 2.12. The lowest BCUT2D eigenvalue weighted by atomic mass is 10.1. The number of amides is 2. The van der Waals surface area contributed by atoms with Crippen molar-refractivity contribution in [3.05, 3.63) is 86.8 Å². The quantitative estimate of drug-likeness (QED) is 0.629. The maximum Gasteiger partial charge on any atom is 0.276 e. The van der Waals surface area contributed by atoms with Crippen molar-refractivity contribution >= 4 is 34.8 Å². The van der Waals surface area contributed by atoms with Gasteiger partial charge in [-0.05, 0) is 67.4 Å². The van der Waals surface area contributed by atoms with Gasteiger partial charge in [-0.15, -0.1) is 0 Å². The lowest BCUT2D eigenvalue weighted by Gasteiger charge is -2.09. The molecule has 1 heterocycles. The van der Waals surface area contributed by atoms with Gasteiger partial charge in [-0.3, -0.25) is 14.4 Å². The predicted octanol–water partition coefficient (Wildman–Crippen LogP) is 3.79. The van der Waals surface area contributed by atoms with E-state index in [1.165, 1.54) is 12.1 Å². The van der Waals surface area contributed by atoms with Crippen LogP contribution in [0.3, 0.4) is 0 Å². The lowest BCUT2D eigenvalue weighted by molar-refractivity contribution is -0.116. The zero-order chi connectivity index (χ0) is 21.7. The van der Waals surface area contributed by atoms with Crippen molar-refractivity contribution in [3.8, 4) is 0 Å². The Morgan fingerprint density at radius 3 is 2.33 bits per heavy atom. The lowest BCUT2D eigenvalue weighted by Crippen LogP contribution is -2.28. The largest absolute Gasteiger partial charge is 0.326 e. The molecule has 0 unspecified atom stereocenters. The number of carbonyl (C=O) groups is 2. The Morgan fingerprint density at radius 2 is 1.63 bits per heavy atom. The summed E-state index contributed by atoms with van der Waals surface area (Å²) in [4.78, 5) is 36.7. The van der Waals surface area contributed by atoms with Crippen LogP contribution in [0.2, 0.25) is 5.02 Å². The average molecular weight is 425 g/mol. The van der Waals surface area contributed by atoms with Gasteiger partial charge in [0.2, 0.25) is 5.91 Å². The smallest absolute Gasteiger partial charge is 0.276 e. The van der Waals surface area contributed by atoms with Crippen molar-refractivity contribution in [1.29, 1.82) is 0 Å². The van der Waals surface area contributed by atoms with E-state index in [0.717, 1.165) is 15.8 Å². The van der Waals surface area contributed by atoms with Crippen LogP contribution in [-0.4, -0.2) is 21.6 Å². The third kappa shape index (κ3) is 5.55. The monoisotopic (exact) mass is 424 g/mol. The Hall–Kier alpha value is -3.45. The molecule has 3 rings (SSSR count). The SMILES string of the molecule is Cc1ccc(NC(=O)c2ccc(=O)n(CCC(=O)Nc3ccc(Cl)cc3)n2)cc1C. The van der Waals surface area contributed by atoms with Gasteiger partial charge in [0, 0.05) is 28.9 Å². The van der Waals surface area contributed by atoms with Gasteiger partial charge in [0.15, 0.2) is 0 Å². The van der Waals surface area contributed by atoms with Gasteiger partial charge < -0.3 is 10.6 Å². The van der Waals surface area contributed by atoms with E-state index in [2.05, 4.69) is 15.7 Å². The number of rotatable bonds is 6. The third-order valence-corrected chi connectivity index (χ3v) is 4.79. The van der Waals surface area contributed by atoms with Gasteiger partial charge >= 0.3 is 0 Å². The summed E-state index contributed by atoms with van der Waals surface area (Å²) in [5.74, 6) is -0.714. The van der Waals surface area contributed by atoms with Gasteiger partial charge in [0.05, 0.1) is 6.54 Å². The summed E-state index contributed by atoms with van der Waals surface area (Å²) in [7, 11) is 0. The van der Waals surface area contributed by atoms with Crippen molar-refractivity contribution in [2.24, 2.45) is 0 Å². The molecule has 2 aromatic carbocycles. The molecule has 0 saturated heterocycles. The van der Waals surface area contributed by atoms with Crippen LogP contribution in [0.5, 0.6) is 0 Å². The van der Waals surface area contributed by atoms with E-state index in [1.54, 1.807) is 30.3 Å². The summed E-state index contributed by atoms with van der Waals surface area (Å²) >= 11 is 5.82. The minimum absolute atomic E-state index is 0.0256. The molecule has 1 aromatic heterocycles. The minimum atomic E-state index is -0.433. The first-order chi connectivity index (χ1) is 14.3. The summed E-state index contributed by atoms with van der Waals surface area (Å²) in [5, 5.41) is 10.1. The number of hydrogen-bond acceptors (Lipinski definition) is 4. The van der Waals surface area contributed by atoms with Crippen LogP contribution in [0.4, 0.5) is 11.4 Å². The van der Waals surface area contributed by atoms with Crippen LogP contribution >= 0.6 is 11.6 Å². The van der Waals surface area contributed by atoms with Crippen molar-refractivity contribution < 1.29 is 9.59 Å². The second-order valence-corrected chi connectivity index (χ2v) is 7.27. The Kier molecular flexibility index (Phi) is 6.64. The molecule has 0 aliphatic heterocycles. The summed E-state index contributed by atoms with van der Waals surface area (Å²) in [5.41, 5.74) is 3.12. The highest BCUT2D eigenvalue weighted by Crippen LogP contribution is 2.15. The molecule has 3 aromatic rings. The van der Waals surface area contributed by atoms with E-state index in [1.807, 2.05) is 26.0 Å². The van der Waals surface area contributed by atoms with Crippen molar-refractivity contribution in [3.63, 3.8) is 0 Å². The van der Waals surface area contributed by atoms with Crippen LogP contribution in [0.15, 0.2) is 59.4 Å². The average Bonchev–Trinajstić information content (AvgIpc) is 2.72. The number of nitrogens with one attached hydrogen (secondary N) is 2. The summed E-state index contributed by atoms with van der Waals surface area (Å²) in [6.45, 7) is 3.99. The normalized spacial score (nSPS) is 10.5. The molecule has 0 fully saturated rings. The van der Waals surface area contributed by atoms with Crippen LogP contribution in [-0.2, 0) is 11.3 Å². The Bertz CT molecular complexity index is 1140. The van der Waals surface area contributed by atoms with Gasteiger partial charge in [0.25, 0.3) is 11.5 Å². The fourth-order valence-corrected chi connectivity index (χ4v) is 2.83. The highest BCUT2D eigenvalue weighted by molar-refractivity contribution is 6.30. The molecule has 154 valence electrons. The molecule has 8 heteroatoms. The number of aryl methyl sites for hydroxylation is 3. The van der Waals surface area contributed by atoms with Crippen molar-refractivity contribution in [1.82, 2.24) is 9.78 Å². The Labute approximate surface area is 178 Å². The van der Waals surface area contributed by atoms with Gasteiger partial charge in [-0.1, -0.05) is 17.7 Å². The molecule has 0 radical (unpaired) electrons. The van der Waals surface area contributed by atoms with Crippen LogP contribution in [0.1, 0.15) is 28.0 Å². The molecule has 0 aliphatic rings. The maximum atomic E-state index is 12.5. The fourth-order valence-electron chi connectivity index (χ4n) is 2.71. The zero-order valence-electron chi connectivity index (χ0n) is 16.6. The minimum Gasteiger partial charge on any atom is -0.326 e. The van der Waals surface area contributed by atoms with Crippen LogP contribution in [0.25, 0.3) is 0 Å². The first kappa shape index (κ1) is 21.3. The van der Waals surface area contributed by atoms with E-state index >= 15 is 0 Å². The molecular formula is C22H21ClN4O3. The highest BCUT2D eigenvalue weighted by atomic mass is 35.5. The van der Waals surface area contributed by atoms with Crippen molar-refractivity contribution in [2.45, 2.75) is 26.8 Å². The predicted molar refractivity (Wildman–Crippen MR) is 117 cm³/mol. The van der Waals surface area contributed by atoms with E-state index < -0.39 is 11.5 Å².